The van der Waals surface area contributed by atoms with Gasteiger partial charge in [0.05, 0.1) is 44.2 Å². The molecule has 55 heavy (non-hydrogen) atoms. The van der Waals surface area contributed by atoms with Crippen molar-refractivity contribution in [3.05, 3.63) is 0 Å². The summed E-state index contributed by atoms with van der Waals surface area (Å²) in [6.07, 6.45) is 10.5. The van der Waals surface area contributed by atoms with Crippen LogP contribution in [0.5, 0.6) is 0 Å². The van der Waals surface area contributed by atoms with E-state index in [-0.39, 0.29) is 59.0 Å². The molecule has 9 fully saturated rings. The van der Waals surface area contributed by atoms with E-state index in [1.807, 2.05) is 0 Å². The molecule has 5 saturated carbocycles. The lowest BCUT2D eigenvalue weighted by molar-refractivity contribution is -0.254. The van der Waals surface area contributed by atoms with Crippen LogP contribution >= 0.6 is 0 Å². The zero-order chi connectivity index (χ0) is 38.7. The van der Waals surface area contributed by atoms with Crippen molar-refractivity contribution in [3.8, 4) is 0 Å². The van der Waals surface area contributed by atoms with Crippen molar-refractivity contribution >= 4 is 6.09 Å². The molecule has 10 heteroatoms. The number of carbonyl (C=O) groups excluding carboxylic acids is 1. The molecule has 0 aromatic rings. The molecule has 4 heterocycles. The van der Waals surface area contributed by atoms with Gasteiger partial charge in [-0.3, -0.25) is 9.80 Å². The highest BCUT2D eigenvalue weighted by atomic mass is 16.7. The highest BCUT2D eigenvalue weighted by molar-refractivity contribution is 5.68. The summed E-state index contributed by atoms with van der Waals surface area (Å²) >= 11 is 0. The Morgan fingerprint density at radius 3 is 2.27 bits per heavy atom. The molecule has 0 aromatic carbocycles. The molecule has 9 rings (SSSR count). The molecule has 312 valence electrons. The zero-order valence-electron chi connectivity index (χ0n) is 35.6. The lowest BCUT2D eigenvalue weighted by Crippen LogP contribution is -2.68. The van der Waals surface area contributed by atoms with E-state index < -0.39 is 0 Å². The van der Waals surface area contributed by atoms with Gasteiger partial charge in [0.2, 0.25) is 0 Å². The summed E-state index contributed by atoms with van der Waals surface area (Å²) in [5, 5.41) is 12.4. The number of nitrogens with zero attached hydrogens (tertiary/aromatic N) is 3. The van der Waals surface area contributed by atoms with E-state index in [9.17, 15) is 9.90 Å². The molecule has 4 aliphatic heterocycles. The van der Waals surface area contributed by atoms with Crippen LogP contribution < -0.4 is 0 Å². The highest BCUT2D eigenvalue weighted by Crippen LogP contribution is 2.89. The lowest BCUT2D eigenvalue weighted by atomic mass is 9.41. The Hall–Kier alpha value is -1.01. The number of methoxy groups -OCH3 is 1. The first-order valence-electron chi connectivity index (χ1n) is 22.7. The van der Waals surface area contributed by atoms with E-state index in [1.54, 1.807) is 12.0 Å². The van der Waals surface area contributed by atoms with E-state index in [1.165, 1.54) is 38.5 Å². The standard InChI is InChI=1S/C45H75N3O7/c1-28(2)39(55-40(50)46-16-9-17-46)33(51-8)20-29(3)32-21-36(49)43(7)35-11-10-34-41(4,5)37(12-13-44(34)27-45(35,44)15-14-42(32,43)6)54-38-24-47(18-19-53-38)30-22-48(23-30)31-25-52-26-31/h28-39,49H,9-27H2,1-8H3/t29-,32-,33?,34+,35?,36+,37+,38+,39-,42-,43-,44-,45?/m1/s1. The maximum absolute atomic E-state index is 12.9. The number of fused-ring (bicyclic) bond motifs is 2. The topological polar surface area (TPSA) is 93.2 Å². The van der Waals surface area contributed by atoms with Crippen LogP contribution in [-0.2, 0) is 23.7 Å². The first kappa shape index (κ1) is 39.5. The van der Waals surface area contributed by atoms with Gasteiger partial charge in [-0.2, -0.15) is 0 Å². The molecule has 0 aromatic heterocycles. The van der Waals surface area contributed by atoms with Gasteiger partial charge < -0.3 is 33.7 Å². The quantitative estimate of drug-likeness (QED) is 0.255. The fraction of sp³-hybridized carbons (Fsp3) is 0.978. The number of likely N-dealkylation sites (tertiary alicyclic amines) is 2. The van der Waals surface area contributed by atoms with Crippen molar-refractivity contribution in [2.75, 3.05) is 66.2 Å². The molecule has 0 bridgehead atoms. The minimum Gasteiger partial charge on any atom is -0.443 e. The molecule has 3 unspecified atom stereocenters. The molecule has 10 nitrogen and oxygen atoms in total. The minimum atomic E-state index is -0.295. The number of amides is 1. The van der Waals surface area contributed by atoms with Crippen molar-refractivity contribution in [3.63, 3.8) is 0 Å². The lowest BCUT2D eigenvalue weighted by Gasteiger charge is -2.64. The van der Waals surface area contributed by atoms with Gasteiger partial charge in [0.1, 0.15) is 6.10 Å². The van der Waals surface area contributed by atoms with Gasteiger partial charge in [-0.15, -0.1) is 0 Å². The molecule has 5 aliphatic carbocycles. The van der Waals surface area contributed by atoms with Crippen LogP contribution in [0.3, 0.4) is 0 Å². The highest BCUT2D eigenvalue weighted by Gasteiger charge is 2.83. The van der Waals surface area contributed by atoms with Crippen LogP contribution in [0.4, 0.5) is 4.79 Å². The van der Waals surface area contributed by atoms with Gasteiger partial charge in [0, 0.05) is 57.8 Å². The Morgan fingerprint density at radius 1 is 0.891 bits per heavy atom. The van der Waals surface area contributed by atoms with Gasteiger partial charge in [0.25, 0.3) is 0 Å². The summed E-state index contributed by atoms with van der Waals surface area (Å²) in [6.45, 7) is 25.1. The Kier molecular flexibility index (Phi) is 10.1. The van der Waals surface area contributed by atoms with E-state index >= 15 is 0 Å². The van der Waals surface area contributed by atoms with Crippen molar-refractivity contribution < 1.29 is 33.6 Å². The smallest absolute Gasteiger partial charge is 0.410 e. The van der Waals surface area contributed by atoms with Crippen molar-refractivity contribution in [2.24, 2.45) is 56.7 Å². The van der Waals surface area contributed by atoms with Crippen LogP contribution in [-0.4, -0.2) is 135 Å². The van der Waals surface area contributed by atoms with Gasteiger partial charge in [-0.1, -0.05) is 48.5 Å². The van der Waals surface area contributed by atoms with E-state index in [0.717, 1.165) is 84.8 Å². The summed E-state index contributed by atoms with van der Waals surface area (Å²) in [5.41, 5.74) is 0.751. The second-order valence-electron chi connectivity index (χ2n) is 21.7. The van der Waals surface area contributed by atoms with Gasteiger partial charge in [0.15, 0.2) is 6.29 Å². The number of aliphatic hydroxyl groups is 1. The number of morpholine rings is 1. The first-order valence-corrected chi connectivity index (χ1v) is 22.7. The Morgan fingerprint density at radius 2 is 1.62 bits per heavy atom. The van der Waals surface area contributed by atoms with Crippen molar-refractivity contribution in [1.29, 1.82) is 0 Å². The second-order valence-corrected chi connectivity index (χ2v) is 21.7. The molecule has 9 aliphatic rings. The number of rotatable bonds is 11. The van der Waals surface area contributed by atoms with Gasteiger partial charge in [-0.05, 0) is 115 Å². The minimum absolute atomic E-state index is 0.0570. The van der Waals surface area contributed by atoms with Crippen LogP contribution in [0.2, 0.25) is 0 Å². The summed E-state index contributed by atoms with van der Waals surface area (Å²) < 4.78 is 31.1. The summed E-state index contributed by atoms with van der Waals surface area (Å²) in [5.74, 6) is 2.11. The second kappa shape index (κ2) is 14.0. The van der Waals surface area contributed by atoms with Crippen LogP contribution in [0, 0.1) is 56.7 Å². The van der Waals surface area contributed by atoms with Crippen LogP contribution in [0.1, 0.15) is 113 Å². The number of aliphatic hydroxyl groups excluding tert-OH is 1. The maximum atomic E-state index is 12.9. The maximum Gasteiger partial charge on any atom is 0.410 e. The average Bonchev–Trinajstić information content (AvgIpc) is 3.70. The molecule has 4 saturated heterocycles. The third kappa shape index (κ3) is 5.89. The van der Waals surface area contributed by atoms with E-state index in [4.69, 9.17) is 23.7 Å². The third-order valence-corrected chi connectivity index (χ3v) is 19.1. The molecule has 2 spiro atoms. The number of ether oxygens (including phenoxy) is 5. The monoisotopic (exact) mass is 770 g/mol. The summed E-state index contributed by atoms with van der Waals surface area (Å²) in [7, 11) is 1.78. The van der Waals surface area contributed by atoms with Gasteiger partial charge in [-0.25, -0.2) is 4.79 Å². The number of carbonyl (C=O) groups is 1. The fourth-order valence-corrected chi connectivity index (χ4v) is 15.4. The van der Waals surface area contributed by atoms with Crippen LogP contribution in [0.25, 0.3) is 0 Å². The molecular weight excluding hydrogens is 695 g/mol. The largest absolute Gasteiger partial charge is 0.443 e. The summed E-state index contributed by atoms with van der Waals surface area (Å²) in [4.78, 5) is 19.9. The molecule has 1 N–H and O–H groups in total. The Balaban J connectivity index is 0.861. The molecule has 0 radical (unpaired) electrons. The number of hydrogen-bond donors (Lipinski definition) is 1. The first-order chi connectivity index (χ1) is 26.2. The zero-order valence-corrected chi connectivity index (χ0v) is 35.6. The molecule has 1 amide bonds. The predicted molar refractivity (Wildman–Crippen MR) is 210 cm³/mol. The number of hydrogen-bond acceptors (Lipinski definition) is 9. The SMILES string of the molecule is COC(C[C@@H](C)[C@H]1C[C@H](O)[C@@]2(C)C3CC[C@H]4C(C)(C)[C@@H](O[C@H]5CN(C6CN(C7COC7)C6)CCO5)CC[C@@]45CC35CC[C@]12C)[C@H](OC(=O)N1CCC1)C(C)C. The summed E-state index contributed by atoms with van der Waals surface area (Å²) in [6, 6.07) is 1.25. The van der Waals surface area contributed by atoms with Crippen LogP contribution in [0.15, 0.2) is 0 Å². The van der Waals surface area contributed by atoms with E-state index in [2.05, 4.69) is 58.3 Å². The van der Waals surface area contributed by atoms with Crippen molar-refractivity contribution in [2.45, 2.75) is 155 Å². The van der Waals surface area contributed by atoms with Gasteiger partial charge >= 0.3 is 6.09 Å². The molecule has 13 atom stereocenters. The fourth-order valence-electron chi connectivity index (χ4n) is 15.4. The van der Waals surface area contributed by atoms with Crippen molar-refractivity contribution in [1.82, 2.24) is 14.7 Å². The average molecular weight is 770 g/mol. The third-order valence-electron chi connectivity index (χ3n) is 19.1. The predicted octanol–water partition coefficient (Wildman–Crippen LogP) is 6.43. The normalized spacial score (nSPS) is 45.9. The Bertz CT molecular complexity index is 1430. The van der Waals surface area contributed by atoms with E-state index in [0.29, 0.717) is 46.6 Å². The Labute approximate surface area is 332 Å². The molecular formula is C45H75N3O7.